The van der Waals surface area contributed by atoms with Gasteiger partial charge in [-0.2, -0.15) is 0 Å². The Kier molecular flexibility index (Phi) is 5.12. The molecule has 0 fully saturated rings. The van der Waals surface area contributed by atoms with Gasteiger partial charge in [0.05, 0.1) is 0 Å². The molecular weight excluding hydrogens is 310 g/mol. The molecule has 3 rings (SSSR count). The molecule has 22 heavy (non-hydrogen) atoms. The van der Waals surface area contributed by atoms with E-state index in [2.05, 4.69) is 55.4 Å². The lowest BCUT2D eigenvalue weighted by atomic mass is 9.85. The van der Waals surface area contributed by atoms with E-state index in [0.717, 1.165) is 17.3 Å². The van der Waals surface area contributed by atoms with Crippen molar-refractivity contribution in [2.24, 2.45) is 0 Å². The molecule has 1 aliphatic rings. The maximum Gasteiger partial charge on any atom is 0.0409 e. The van der Waals surface area contributed by atoms with E-state index in [-0.39, 0.29) is 0 Å². The predicted molar refractivity (Wildman–Crippen MR) is 97.1 cm³/mol. The van der Waals surface area contributed by atoms with Crippen molar-refractivity contribution < 1.29 is 0 Å². The number of halogens is 1. The van der Waals surface area contributed by atoms with Gasteiger partial charge in [-0.05, 0) is 68.4 Å². The molecule has 0 N–H and O–H groups in total. The first-order valence-corrected chi connectivity index (χ1v) is 9.16. The van der Waals surface area contributed by atoms with Crippen LogP contribution in [0.2, 0.25) is 5.02 Å². The van der Waals surface area contributed by atoms with E-state index >= 15 is 0 Å². The van der Waals surface area contributed by atoms with E-state index < -0.39 is 0 Å². The Hall–Kier alpha value is -0.960. The molecule has 0 aliphatic carbocycles. The molecule has 0 amide bonds. The quantitative estimate of drug-likeness (QED) is 0.736. The van der Waals surface area contributed by atoms with Gasteiger partial charge >= 0.3 is 0 Å². The normalized spacial score (nSPS) is 17.0. The molecule has 1 heterocycles. The van der Waals surface area contributed by atoms with E-state index in [9.17, 15) is 0 Å². The molecule has 0 saturated heterocycles. The lowest BCUT2D eigenvalue weighted by Gasteiger charge is -2.21. The smallest absolute Gasteiger partial charge is 0.0409 e. The number of benzene rings is 2. The third-order valence-corrected chi connectivity index (χ3v) is 5.63. The van der Waals surface area contributed by atoms with Crippen LogP contribution in [0.15, 0.2) is 47.4 Å². The molecular formula is C19H22ClNS. The van der Waals surface area contributed by atoms with E-state index in [1.807, 2.05) is 17.8 Å². The molecule has 3 heteroatoms. The summed E-state index contributed by atoms with van der Waals surface area (Å²) in [6.45, 7) is 1.13. The van der Waals surface area contributed by atoms with Crippen LogP contribution in [-0.4, -0.2) is 25.5 Å². The average molecular weight is 332 g/mol. The molecule has 0 aromatic heterocycles. The summed E-state index contributed by atoms with van der Waals surface area (Å²) in [5, 5.41) is 0.844. The standard InChI is InChI=1S/C19H22ClNS/c1-21(2)11-5-8-17-16-7-4-3-6-14(16)13-22-19-10-9-15(20)12-18(17)19/h3-4,6-7,9-10,12,17H,5,8,11,13H2,1-2H3. The highest BCUT2D eigenvalue weighted by atomic mass is 35.5. The average Bonchev–Trinajstić information content (AvgIpc) is 2.65. The zero-order valence-electron chi connectivity index (χ0n) is 13.2. The van der Waals surface area contributed by atoms with Gasteiger partial charge in [-0.1, -0.05) is 35.9 Å². The Morgan fingerprint density at radius 1 is 1.14 bits per heavy atom. The van der Waals surface area contributed by atoms with Crippen molar-refractivity contribution in [3.8, 4) is 0 Å². The van der Waals surface area contributed by atoms with Crippen LogP contribution in [0.1, 0.15) is 35.4 Å². The highest BCUT2D eigenvalue weighted by Gasteiger charge is 2.23. The summed E-state index contributed by atoms with van der Waals surface area (Å²) < 4.78 is 0. The zero-order valence-corrected chi connectivity index (χ0v) is 14.8. The van der Waals surface area contributed by atoms with Gasteiger partial charge in [0.15, 0.2) is 0 Å². The van der Waals surface area contributed by atoms with Gasteiger partial charge in [-0.3, -0.25) is 0 Å². The van der Waals surface area contributed by atoms with Gasteiger partial charge in [0.25, 0.3) is 0 Å². The largest absolute Gasteiger partial charge is 0.309 e. The van der Waals surface area contributed by atoms with E-state index in [0.29, 0.717) is 5.92 Å². The molecule has 116 valence electrons. The Morgan fingerprint density at radius 2 is 1.95 bits per heavy atom. The summed E-state index contributed by atoms with van der Waals surface area (Å²) >= 11 is 8.22. The summed E-state index contributed by atoms with van der Waals surface area (Å²) in [6, 6.07) is 15.3. The summed E-state index contributed by atoms with van der Waals surface area (Å²) in [5.41, 5.74) is 4.35. The summed E-state index contributed by atoms with van der Waals surface area (Å²) in [6.07, 6.45) is 2.37. The fourth-order valence-corrected chi connectivity index (χ4v) is 4.46. The van der Waals surface area contributed by atoms with Crippen molar-refractivity contribution in [3.63, 3.8) is 0 Å². The van der Waals surface area contributed by atoms with Gasteiger partial charge in [-0.25, -0.2) is 0 Å². The second-order valence-electron chi connectivity index (χ2n) is 6.17. The van der Waals surface area contributed by atoms with Gasteiger partial charge in [0.1, 0.15) is 0 Å². The minimum Gasteiger partial charge on any atom is -0.309 e. The van der Waals surface area contributed by atoms with Gasteiger partial charge in [0, 0.05) is 21.6 Å². The monoisotopic (exact) mass is 331 g/mol. The number of rotatable bonds is 4. The lowest BCUT2D eigenvalue weighted by molar-refractivity contribution is 0.389. The second kappa shape index (κ2) is 7.08. The molecule has 2 aromatic rings. The first-order chi connectivity index (χ1) is 10.6. The van der Waals surface area contributed by atoms with Gasteiger partial charge in [0.2, 0.25) is 0 Å². The Balaban J connectivity index is 1.98. The van der Waals surface area contributed by atoms with Crippen molar-refractivity contribution in [1.29, 1.82) is 0 Å². The molecule has 1 aliphatic heterocycles. The highest BCUT2D eigenvalue weighted by molar-refractivity contribution is 7.98. The SMILES string of the molecule is CN(C)CCCC1c2ccccc2CSc2ccc(Cl)cc21. The van der Waals surface area contributed by atoms with E-state index in [4.69, 9.17) is 11.6 Å². The van der Waals surface area contributed by atoms with Crippen molar-refractivity contribution in [2.45, 2.75) is 29.4 Å². The maximum absolute atomic E-state index is 6.29. The lowest BCUT2D eigenvalue weighted by Crippen LogP contribution is -2.14. The highest BCUT2D eigenvalue weighted by Crippen LogP contribution is 2.43. The Labute approximate surface area is 142 Å². The number of hydrogen-bond donors (Lipinski definition) is 0. The maximum atomic E-state index is 6.29. The van der Waals surface area contributed by atoms with Crippen LogP contribution >= 0.6 is 23.4 Å². The second-order valence-corrected chi connectivity index (χ2v) is 7.62. The molecule has 1 atom stereocenters. The summed E-state index contributed by atoms with van der Waals surface area (Å²) in [5.74, 6) is 1.51. The van der Waals surface area contributed by atoms with Crippen LogP contribution < -0.4 is 0 Å². The summed E-state index contributed by atoms with van der Waals surface area (Å²) in [7, 11) is 4.28. The van der Waals surface area contributed by atoms with Crippen molar-refractivity contribution in [2.75, 3.05) is 20.6 Å². The minimum atomic E-state index is 0.458. The zero-order chi connectivity index (χ0) is 15.5. The van der Waals surface area contributed by atoms with Gasteiger partial charge < -0.3 is 4.90 Å². The molecule has 0 spiro atoms. The Morgan fingerprint density at radius 3 is 2.77 bits per heavy atom. The fraction of sp³-hybridized carbons (Fsp3) is 0.368. The molecule has 0 radical (unpaired) electrons. The van der Waals surface area contributed by atoms with Crippen molar-refractivity contribution in [1.82, 2.24) is 4.90 Å². The third-order valence-electron chi connectivity index (χ3n) is 4.26. The van der Waals surface area contributed by atoms with Crippen molar-refractivity contribution in [3.05, 3.63) is 64.2 Å². The molecule has 0 saturated carbocycles. The molecule has 1 unspecified atom stereocenters. The number of nitrogens with zero attached hydrogens (tertiary/aromatic N) is 1. The van der Waals surface area contributed by atoms with Gasteiger partial charge in [-0.15, -0.1) is 11.8 Å². The molecule has 1 nitrogen and oxygen atoms in total. The third kappa shape index (κ3) is 3.51. The Bertz CT molecular complexity index is 654. The first kappa shape index (κ1) is 15.9. The van der Waals surface area contributed by atoms with E-state index in [1.165, 1.54) is 34.4 Å². The van der Waals surface area contributed by atoms with Crippen LogP contribution in [0, 0.1) is 0 Å². The topological polar surface area (TPSA) is 3.24 Å². The number of thioether (sulfide) groups is 1. The van der Waals surface area contributed by atoms with Crippen LogP contribution in [0.4, 0.5) is 0 Å². The predicted octanol–water partition coefficient (Wildman–Crippen LogP) is 5.42. The van der Waals surface area contributed by atoms with Crippen LogP contribution in [0.25, 0.3) is 0 Å². The minimum absolute atomic E-state index is 0.458. The number of fused-ring (bicyclic) bond motifs is 2. The van der Waals surface area contributed by atoms with Crippen LogP contribution in [0.3, 0.4) is 0 Å². The molecule has 2 aromatic carbocycles. The first-order valence-electron chi connectivity index (χ1n) is 7.80. The van der Waals surface area contributed by atoms with Crippen molar-refractivity contribution >= 4 is 23.4 Å². The fourth-order valence-electron chi connectivity index (χ4n) is 3.17. The van der Waals surface area contributed by atoms with Crippen LogP contribution in [0.5, 0.6) is 0 Å². The van der Waals surface area contributed by atoms with E-state index in [1.54, 1.807) is 0 Å². The number of hydrogen-bond acceptors (Lipinski definition) is 2. The summed E-state index contributed by atoms with van der Waals surface area (Å²) in [4.78, 5) is 3.64. The molecule has 0 bridgehead atoms. The van der Waals surface area contributed by atoms with Crippen LogP contribution in [-0.2, 0) is 5.75 Å².